The standard InChI is InChI=1S/2C12H9ClO/c13-12-7-6-10(14)8-11(12)9-4-2-1-3-5-9;13-11-7-6-10(8-12(11)14)9-4-2-1-3-5-9/h2*1-8,14H. The molecule has 4 aromatic rings. The van der Waals surface area contributed by atoms with Gasteiger partial charge in [-0.2, -0.15) is 0 Å². The van der Waals surface area contributed by atoms with Crippen molar-refractivity contribution in [1.29, 1.82) is 0 Å². The molecule has 2 N–H and O–H groups in total. The van der Waals surface area contributed by atoms with Crippen LogP contribution in [0.25, 0.3) is 22.3 Å². The zero-order chi connectivity index (χ0) is 19.9. The summed E-state index contributed by atoms with van der Waals surface area (Å²) in [5.41, 5.74) is 3.90. The van der Waals surface area contributed by atoms with Gasteiger partial charge in [-0.3, -0.25) is 0 Å². The number of halogens is 2. The molecule has 0 aliphatic carbocycles. The van der Waals surface area contributed by atoms with Gasteiger partial charge in [-0.15, -0.1) is 0 Å². The van der Waals surface area contributed by atoms with Gasteiger partial charge in [0.2, 0.25) is 0 Å². The van der Waals surface area contributed by atoms with Gasteiger partial charge in [-0.1, -0.05) is 89.9 Å². The maximum Gasteiger partial charge on any atom is 0.134 e. The lowest BCUT2D eigenvalue weighted by Crippen LogP contribution is -1.78. The van der Waals surface area contributed by atoms with Crippen molar-refractivity contribution in [2.24, 2.45) is 0 Å². The van der Waals surface area contributed by atoms with Crippen LogP contribution in [-0.4, -0.2) is 10.2 Å². The van der Waals surface area contributed by atoms with Crippen molar-refractivity contribution in [1.82, 2.24) is 0 Å². The lowest BCUT2D eigenvalue weighted by molar-refractivity contribution is 0.475. The second-order valence-corrected chi connectivity index (χ2v) is 6.88. The van der Waals surface area contributed by atoms with Gasteiger partial charge < -0.3 is 10.2 Å². The number of benzene rings is 4. The van der Waals surface area contributed by atoms with Gasteiger partial charge in [-0.05, 0) is 47.0 Å². The lowest BCUT2D eigenvalue weighted by atomic mass is 10.1. The summed E-state index contributed by atoms with van der Waals surface area (Å²) in [6.07, 6.45) is 0. The predicted molar refractivity (Wildman–Crippen MR) is 117 cm³/mol. The van der Waals surface area contributed by atoms with E-state index in [1.54, 1.807) is 30.3 Å². The molecule has 0 unspecified atom stereocenters. The molecule has 0 aliphatic heterocycles. The van der Waals surface area contributed by atoms with E-state index in [0.717, 1.165) is 22.3 Å². The third-order valence-electron chi connectivity index (χ3n) is 4.09. The molecule has 0 saturated carbocycles. The van der Waals surface area contributed by atoms with Crippen LogP contribution in [0.5, 0.6) is 11.5 Å². The Morgan fingerprint density at radius 1 is 0.500 bits per heavy atom. The van der Waals surface area contributed by atoms with E-state index in [1.807, 2.05) is 66.7 Å². The van der Waals surface area contributed by atoms with E-state index in [9.17, 15) is 10.2 Å². The van der Waals surface area contributed by atoms with Crippen LogP contribution in [0.15, 0.2) is 97.1 Å². The summed E-state index contributed by atoms with van der Waals surface area (Å²) in [5.74, 6) is 0.348. The molecule has 0 saturated heterocycles. The smallest absolute Gasteiger partial charge is 0.134 e. The number of phenolic OH excluding ortho intramolecular Hbond substituents is 2. The SMILES string of the molecule is Oc1cc(-c2ccccc2)ccc1Cl.Oc1ccc(Cl)c(-c2ccccc2)c1. The Bertz CT molecular complexity index is 1050. The molecule has 4 rings (SSSR count). The molecule has 0 amide bonds. The van der Waals surface area contributed by atoms with Crippen molar-refractivity contribution in [3.8, 4) is 33.8 Å². The average Bonchev–Trinajstić information content (AvgIpc) is 2.73. The van der Waals surface area contributed by atoms with Crippen molar-refractivity contribution < 1.29 is 10.2 Å². The number of aromatic hydroxyl groups is 2. The molecule has 0 spiro atoms. The average molecular weight is 409 g/mol. The summed E-state index contributed by atoms with van der Waals surface area (Å²) < 4.78 is 0. The molecule has 4 aromatic carbocycles. The lowest BCUT2D eigenvalue weighted by Gasteiger charge is -2.04. The topological polar surface area (TPSA) is 40.5 Å². The van der Waals surface area contributed by atoms with E-state index in [2.05, 4.69) is 0 Å². The van der Waals surface area contributed by atoms with Gasteiger partial charge in [0, 0.05) is 10.6 Å². The Morgan fingerprint density at radius 3 is 1.68 bits per heavy atom. The number of hydrogen-bond donors (Lipinski definition) is 2. The fourth-order valence-electron chi connectivity index (χ4n) is 2.68. The van der Waals surface area contributed by atoms with Gasteiger partial charge in [0.1, 0.15) is 11.5 Å². The first-order chi connectivity index (χ1) is 13.5. The zero-order valence-corrected chi connectivity index (χ0v) is 16.4. The second-order valence-electron chi connectivity index (χ2n) is 6.06. The van der Waals surface area contributed by atoms with Crippen LogP contribution < -0.4 is 0 Å². The van der Waals surface area contributed by atoms with Crippen molar-refractivity contribution in [2.75, 3.05) is 0 Å². The van der Waals surface area contributed by atoms with Crippen LogP contribution >= 0.6 is 23.2 Å². The molecule has 0 radical (unpaired) electrons. The molecule has 4 heteroatoms. The first kappa shape index (κ1) is 19.8. The number of hydrogen-bond acceptors (Lipinski definition) is 2. The normalized spacial score (nSPS) is 10.1. The quantitative estimate of drug-likeness (QED) is 0.362. The molecule has 28 heavy (non-hydrogen) atoms. The monoisotopic (exact) mass is 408 g/mol. The Morgan fingerprint density at radius 2 is 1.07 bits per heavy atom. The van der Waals surface area contributed by atoms with E-state index >= 15 is 0 Å². The van der Waals surface area contributed by atoms with Crippen molar-refractivity contribution in [2.45, 2.75) is 0 Å². The van der Waals surface area contributed by atoms with Crippen LogP contribution in [0, 0.1) is 0 Å². The number of rotatable bonds is 2. The Hall–Kier alpha value is -2.94. The minimum absolute atomic E-state index is 0.119. The zero-order valence-electron chi connectivity index (χ0n) is 14.9. The van der Waals surface area contributed by atoms with Crippen molar-refractivity contribution >= 4 is 23.2 Å². The Labute approximate surface area is 174 Å². The predicted octanol–water partition coefficient (Wildman–Crippen LogP) is 7.43. The maximum absolute atomic E-state index is 9.43. The van der Waals surface area contributed by atoms with Crippen molar-refractivity contribution in [3.63, 3.8) is 0 Å². The first-order valence-electron chi connectivity index (χ1n) is 8.62. The van der Waals surface area contributed by atoms with Crippen LogP contribution in [0.4, 0.5) is 0 Å². The van der Waals surface area contributed by atoms with Crippen LogP contribution in [0.2, 0.25) is 10.0 Å². The summed E-state index contributed by atoms with van der Waals surface area (Å²) in [6, 6.07) is 29.8. The summed E-state index contributed by atoms with van der Waals surface area (Å²) >= 11 is 11.7. The highest BCUT2D eigenvalue weighted by Gasteiger charge is 2.03. The van der Waals surface area contributed by atoms with E-state index in [-0.39, 0.29) is 11.5 Å². The fourth-order valence-corrected chi connectivity index (χ4v) is 3.02. The van der Waals surface area contributed by atoms with Crippen LogP contribution in [-0.2, 0) is 0 Å². The van der Waals surface area contributed by atoms with E-state index in [1.165, 1.54) is 0 Å². The molecule has 0 bridgehead atoms. The van der Waals surface area contributed by atoms with Gasteiger partial charge in [0.25, 0.3) is 0 Å². The number of phenols is 2. The highest BCUT2D eigenvalue weighted by atomic mass is 35.5. The van der Waals surface area contributed by atoms with Crippen LogP contribution in [0.1, 0.15) is 0 Å². The second kappa shape index (κ2) is 9.32. The van der Waals surface area contributed by atoms with Gasteiger partial charge in [-0.25, -0.2) is 0 Å². The van der Waals surface area contributed by atoms with Crippen LogP contribution in [0.3, 0.4) is 0 Å². The molecule has 0 fully saturated rings. The third-order valence-corrected chi connectivity index (χ3v) is 4.74. The molecular weight excluding hydrogens is 391 g/mol. The highest BCUT2D eigenvalue weighted by molar-refractivity contribution is 6.33. The van der Waals surface area contributed by atoms with E-state index < -0.39 is 0 Å². The summed E-state index contributed by atoms with van der Waals surface area (Å²) in [6.45, 7) is 0. The Balaban J connectivity index is 0.000000161. The molecule has 140 valence electrons. The fraction of sp³-hybridized carbons (Fsp3) is 0. The Kier molecular flexibility index (Phi) is 6.59. The highest BCUT2D eigenvalue weighted by Crippen LogP contribution is 2.31. The maximum atomic E-state index is 9.43. The first-order valence-corrected chi connectivity index (χ1v) is 9.38. The largest absolute Gasteiger partial charge is 0.508 e. The summed E-state index contributed by atoms with van der Waals surface area (Å²) in [4.78, 5) is 0. The molecule has 0 heterocycles. The summed E-state index contributed by atoms with van der Waals surface area (Å²) in [7, 11) is 0. The van der Waals surface area contributed by atoms with E-state index in [0.29, 0.717) is 10.0 Å². The van der Waals surface area contributed by atoms with Gasteiger partial charge in [0.05, 0.1) is 5.02 Å². The summed E-state index contributed by atoms with van der Waals surface area (Å²) in [5, 5.41) is 19.8. The minimum atomic E-state index is 0.119. The third kappa shape index (κ3) is 5.07. The molecule has 0 aliphatic rings. The van der Waals surface area contributed by atoms with Gasteiger partial charge in [0.15, 0.2) is 0 Å². The molecule has 0 aromatic heterocycles. The minimum Gasteiger partial charge on any atom is -0.508 e. The van der Waals surface area contributed by atoms with Crippen molar-refractivity contribution in [3.05, 3.63) is 107 Å². The molecule has 0 atom stereocenters. The van der Waals surface area contributed by atoms with E-state index in [4.69, 9.17) is 23.2 Å². The molecule has 2 nitrogen and oxygen atoms in total. The van der Waals surface area contributed by atoms with Gasteiger partial charge >= 0.3 is 0 Å². The molecular formula is C24H18Cl2O2.